The summed E-state index contributed by atoms with van der Waals surface area (Å²) in [6, 6.07) is 6.69. The van der Waals surface area contributed by atoms with E-state index in [-0.39, 0.29) is 5.82 Å². The third-order valence-corrected chi connectivity index (χ3v) is 2.03. The molecule has 10 heavy (non-hydrogen) atoms. The molecule has 0 N–H and O–H groups in total. The Hall–Kier alpha value is -0.120. The SMILES string of the molecule is CC(I)c1cccc(F)c1. The average molecular weight is 250 g/mol. The monoisotopic (exact) mass is 250 g/mol. The molecule has 0 bridgehead atoms. The summed E-state index contributed by atoms with van der Waals surface area (Å²) in [4.78, 5) is 0. The fourth-order valence-electron chi connectivity index (χ4n) is 0.754. The van der Waals surface area contributed by atoms with E-state index in [1.165, 1.54) is 6.07 Å². The number of hydrogen-bond donors (Lipinski definition) is 0. The van der Waals surface area contributed by atoms with Gasteiger partial charge in [-0.2, -0.15) is 0 Å². The number of halogens is 2. The van der Waals surface area contributed by atoms with Crippen molar-refractivity contribution < 1.29 is 4.39 Å². The quantitative estimate of drug-likeness (QED) is 0.529. The smallest absolute Gasteiger partial charge is 0.123 e. The first kappa shape index (κ1) is 7.98. The minimum atomic E-state index is -0.152. The summed E-state index contributed by atoms with van der Waals surface area (Å²) in [5.41, 5.74) is 1.04. The van der Waals surface area contributed by atoms with Gasteiger partial charge < -0.3 is 0 Å². The van der Waals surface area contributed by atoms with Crippen LogP contribution in [-0.4, -0.2) is 0 Å². The largest absolute Gasteiger partial charge is 0.207 e. The highest BCUT2D eigenvalue weighted by molar-refractivity contribution is 14.1. The zero-order chi connectivity index (χ0) is 7.56. The lowest BCUT2D eigenvalue weighted by Crippen LogP contribution is -1.83. The van der Waals surface area contributed by atoms with Crippen LogP contribution in [0, 0.1) is 5.82 Å². The normalized spacial score (nSPS) is 13.1. The van der Waals surface area contributed by atoms with Gasteiger partial charge in [-0.1, -0.05) is 34.7 Å². The molecule has 0 radical (unpaired) electrons. The van der Waals surface area contributed by atoms with Crippen molar-refractivity contribution >= 4 is 22.6 Å². The molecule has 0 aromatic heterocycles. The second-order valence-corrected chi connectivity index (χ2v) is 4.04. The van der Waals surface area contributed by atoms with Gasteiger partial charge in [0.1, 0.15) is 5.82 Å². The van der Waals surface area contributed by atoms with Gasteiger partial charge in [-0.15, -0.1) is 0 Å². The highest BCUT2D eigenvalue weighted by Gasteiger charge is 1.99. The summed E-state index contributed by atoms with van der Waals surface area (Å²) >= 11 is 2.26. The van der Waals surface area contributed by atoms with E-state index in [2.05, 4.69) is 22.6 Å². The maximum absolute atomic E-state index is 12.5. The molecule has 54 valence electrons. The van der Waals surface area contributed by atoms with Crippen LogP contribution in [0.15, 0.2) is 24.3 Å². The van der Waals surface area contributed by atoms with Crippen molar-refractivity contribution in [3.63, 3.8) is 0 Å². The zero-order valence-electron chi connectivity index (χ0n) is 5.64. The third kappa shape index (κ3) is 1.94. The van der Waals surface area contributed by atoms with Gasteiger partial charge in [0.2, 0.25) is 0 Å². The van der Waals surface area contributed by atoms with Crippen molar-refractivity contribution in [2.75, 3.05) is 0 Å². The molecule has 0 nitrogen and oxygen atoms in total. The fourth-order valence-corrected chi connectivity index (χ4v) is 1.14. The second kappa shape index (κ2) is 3.32. The van der Waals surface area contributed by atoms with Gasteiger partial charge in [0, 0.05) is 3.92 Å². The van der Waals surface area contributed by atoms with Gasteiger partial charge >= 0.3 is 0 Å². The maximum atomic E-state index is 12.5. The Morgan fingerprint density at radius 1 is 1.50 bits per heavy atom. The Bertz CT molecular complexity index is 220. The predicted octanol–water partition coefficient (Wildman–Crippen LogP) is 3.32. The number of hydrogen-bond acceptors (Lipinski definition) is 0. The molecule has 0 saturated heterocycles. The fraction of sp³-hybridized carbons (Fsp3) is 0.250. The zero-order valence-corrected chi connectivity index (χ0v) is 7.80. The molecule has 1 atom stereocenters. The van der Waals surface area contributed by atoms with Crippen LogP contribution >= 0.6 is 22.6 Å². The molecule has 0 spiro atoms. The summed E-state index contributed by atoms with van der Waals surface area (Å²) in [7, 11) is 0. The van der Waals surface area contributed by atoms with Gasteiger partial charge in [0.05, 0.1) is 0 Å². The minimum absolute atomic E-state index is 0.152. The Labute approximate surface area is 73.6 Å². The number of alkyl halides is 1. The van der Waals surface area contributed by atoms with E-state index >= 15 is 0 Å². The van der Waals surface area contributed by atoms with Crippen LogP contribution in [0.25, 0.3) is 0 Å². The van der Waals surface area contributed by atoms with Crippen molar-refractivity contribution in [2.45, 2.75) is 10.8 Å². The molecule has 1 rings (SSSR count). The summed E-state index contributed by atoms with van der Waals surface area (Å²) in [5, 5.41) is 0. The summed E-state index contributed by atoms with van der Waals surface area (Å²) in [5.74, 6) is -0.152. The third-order valence-electron chi connectivity index (χ3n) is 1.31. The molecule has 0 amide bonds. The topological polar surface area (TPSA) is 0 Å². The van der Waals surface area contributed by atoms with E-state index in [1.54, 1.807) is 12.1 Å². The molecule has 1 aromatic carbocycles. The molecule has 0 aliphatic rings. The standard InChI is InChI=1S/C8H8FI/c1-6(10)7-3-2-4-8(9)5-7/h2-6H,1H3. The van der Waals surface area contributed by atoms with E-state index in [0.29, 0.717) is 3.92 Å². The highest BCUT2D eigenvalue weighted by atomic mass is 127. The Kier molecular flexibility index (Phi) is 2.65. The van der Waals surface area contributed by atoms with Crippen molar-refractivity contribution in [2.24, 2.45) is 0 Å². The van der Waals surface area contributed by atoms with Gasteiger partial charge in [-0.25, -0.2) is 4.39 Å². The van der Waals surface area contributed by atoms with Gasteiger partial charge in [0.25, 0.3) is 0 Å². The van der Waals surface area contributed by atoms with Crippen LogP contribution in [0.4, 0.5) is 4.39 Å². The van der Waals surface area contributed by atoms with E-state index in [9.17, 15) is 4.39 Å². The van der Waals surface area contributed by atoms with Gasteiger partial charge in [0.15, 0.2) is 0 Å². The Morgan fingerprint density at radius 3 is 2.60 bits per heavy atom. The van der Waals surface area contributed by atoms with Crippen LogP contribution in [0.1, 0.15) is 16.4 Å². The second-order valence-electron chi connectivity index (χ2n) is 2.17. The molecular formula is C8H8FI. The van der Waals surface area contributed by atoms with Crippen LogP contribution in [-0.2, 0) is 0 Å². The lowest BCUT2D eigenvalue weighted by Gasteiger charge is -2.01. The molecule has 2 heteroatoms. The van der Waals surface area contributed by atoms with Crippen LogP contribution in [0.5, 0.6) is 0 Å². The van der Waals surface area contributed by atoms with Gasteiger partial charge in [-0.05, 0) is 24.6 Å². The number of benzene rings is 1. The Balaban J connectivity index is 2.96. The molecule has 0 fully saturated rings. The van der Waals surface area contributed by atoms with Crippen LogP contribution in [0.3, 0.4) is 0 Å². The molecule has 0 aliphatic carbocycles. The molecular weight excluding hydrogens is 242 g/mol. The van der Waals surface area contributed by atoms with E-state index in [1.807, 2.05) is 13.0 Å². The first-order chi connectivity index (χ1) is 4.70. The lowest BCUT2D eigenvalue weighted by atomic mass is 10.2. The summed E-state index contributed by atoms with van der Waals surface area (Å²) in [6.07, 6.45) is 0. The number of rotatable bonds is 1. The van der Waals surface area contributed by atoms with Crippen molar-refractivity contribution in [3.8, 4) is 0 Å². The van der Waals surface area contributed by atoms with E-state index < -0.39 is 0 Å². The van der Waals surface area contributed by atoms with E-state index in [0.717, 1.165) is 5.56 Å². The van der Waals surface area contributed by atoms with Crippen LogP contribution in [0.2, 0.25) is 0 Å². The average Bonchev–Trinajstić information content (AvgIpc) is 1.88. The Morgan fingerprint density at radius 2 is 2.20 bits per heavy atom. The molecule has 0 aliphatic heterocycles. The van der Waals surface area contributed by atoms with E-state index in [4.69, 9.17) is 0 Å². The van der Waals surface area contributed by atoms with Crippen molar-refractivity contribution in [1.82, 2.24) is 0 Å². The van der Waals surface area contributed by atoms with Crippen molar-refractivity contribution in [1.29, 1.82) is 0 Å². The molecule has 0 saturated carbocycles. The summed E-state index contributed by atoms with van der Waals surface area (Å²) in [6.45, 7) is 2.04. The first-order valence-corrected chi connectivity index (χ1v) is 4.34. The highest BCUT2D eigenvalue weighted by Crippen LogP contribution is 2.21. The maximum Gasteiger partial charge on any atom is 0.123 e. The van der Waals surface area contributed by atoms with Crippen LogP contribution < -0.4 is 0 Å². The molecule has 1 aromatic rings. The predicted molar refractivity (Wildman–Crippen MR) is 48.8 cm³/mol. The van der Waals surface area contributed by atoms with Crippen molar-refractivity contribution in [3.05, 3.63) is 35.6 Å². The lowest BCUT2D eigenvalue weighted by molar-refractivity contribution is 0.626. The molecule has 0 heterocycles. The molecule has 1 unspecified atom stereocenters. The minimum Gasteiger partial charge on any atom is -0.207 e. The summed E-state index contributed by atoms with van der Waals surface area (Å²) < 4.78 is 12.9. The van der Waals surface area contributed by atoms with Gasteiger partial charge in [-0.3, -0.25) is 0 Å². The first-order valence-electron chi connectivity index (χ1n) is 3.09.